The molecule has 2 atom stereocenters. The van der Waals surface area contributed by atoms with E-state index < -0.39 is 0 Å². The Morgan fingerprint density at radius 2 is 2.16 bits per heavy atom. The second-order valence-corrected chi connectivity index (χ2v) is 6.71. The highest BCUT2D eigenvalue weighted by molar-refractivity contribution is 5.80. The van der Waals surface area contributed by atoms with Crippen molar-refractivity contribution in [2.45, 2.75) is 45.4 Å². The van der Waals surface area contributed by atoms with E-state index in [2.05, 4.69) is 10.2 Å². The molecular weight excluding hydrogens is 320 g/mol. The number of anilines is 1. The third kappa shape index (κ3) is 3.53. The molecule has 1 aliphatic heterocycles. The lowest BCUT2D eigenvalue weighted by molar-refractivity contribution is -0.131. The Labute approximate surface area is 147 Å². The zero-order valence-corrected chi connectivity index (χ0v) is 15.3. The number of rotatable bonds is 5. The lowest BCUT2D eigenvalue weighted by Crippen LogP contribution is -2.39. The highest BCUT2D eigenvalue weighted by Crippen LogP contribution is 2.24. The minimum absolute atomic E-state index is 0.0500. The van der Waals surface area contributed by atoms with Crippen LogP contribution in [0.2, 0.25) is 0 Å². The van der Waals surface area contributed by atoms with Gasteiger partial charge in [0.1, 0.15) is 5.82 Å². The van der Waals surface area contributed by atoms with Crippen LogP contribution in [0.15, 0.2) is 12.3 Å². The van der Waals surface area contributed by atoms with E-state index in [4.69, 9.17) is 10.5 Å². The van der Waals surface area contributed by atoms with Crippen molar-refractivity contribution in [1.82, 2.24) is 24.5 Å². The molecule has 0 unspecified atom stereocenters. The lowest BCUT2D eigenvalue weighted by Gasteiger charge is -2.24. The van der Waals surface area contributed by atoms with E-state index >= 15 is 0 Å². The number of ether oxygens (including phenoxy) is 1. The fraction of sp³-hybridized carbons (Fsp3) is 0.588. The second kappa shape index (κ2) is 6.87. The normalized spacial score (nSPS) is 20.4. The average Bonchev–Trinajstić information content (AvgIpc) is 3.23. The number of hydrogen-bond acceptors (Lipinski definition) is 5. The predicted octanol–water partition coefficient (Wildman–Crippen LogP) is 0.674. The largest absolute Gasteiger partial charge is 0.382 e. The Morgan fingerprint density at radius 3 is 2.72 bits per heavy atom. The van der Waals surface area contributed by atoms with Gasteiger partial charge in [0.25, 0.3) is 0 Å². The number of hydrogen-bond donors (Lipinski definition) is 1. The number of methoxy groups -OCH3 is 1. The van der Waals surface area contributed by atoms with Gasteiger partial charge in [0, 0.05) is 38.2 Å². The minimum Gasteiger partial charge on any atom is -0.382 e. The summed E-state index contributed by atoms with van der Waals surface area (Å²) < 4.78 is 9.12. The third-order valence-corrected chi connectivity index (χ3v) is 5.08. The van der Waals surface area contributed by atoms with Crippen LogP contribution >= 0.6 is 0 Å². The summed E-state index contributed by atoms with van der Waals surface area (Å²) >= 11 is 0. The predicted molar refractivity (Wildman–Crippen MR) is 93.9 cm³/mol. The standard InChI is InChI=1S/C17H26N6O2/c1-11-15(12(2)21(3)19-11)8-17(24)23-10-14(25-4)7-13(23)9-22-6-5-16(18)20-22/h5-6,13-14H,7-10H2,1-4H3,(H2,18,20)/t13-,14-/m0/s1. The molecule has 3 heterocycles. The van der Waals surface area contributed by atoms with Gasteiger partial charge in [0.05, 0.1) is 30.8 Å². The number of nitrogens with two attached hydrogens (primary N) is 1. The van der Waals surface area contributed by atoms with Crippen LogP contribution < -0.4 is 5.73 Å². The molecule has 0 radical (unpaired) electrons. The maximum atomic E-state index is 13.0. The van der Waals surface area contributed by atoms with Gasteiger partial charge in [-0.15, -0.1) is 0 Å². The first-order valence-electron chi connectivity index (χ1n) is 8.49. The topological polar surface area (TPSA) is 91.2 Å². The van der Waals surface area contributed by atoms with Crippen LogP contribution in [0.1, 0.15) is 23.4 Å². The average molecular weight is 346 g/mol. The molecule has 0 saturated carbocycles. The first-order valence-corrected chi connectivity index (χ1v) is 8.49. The van der Waals surface area contributed by atoms with Crippen LogP contribution in [0.25, 0.3) is 0 Å². The molecule has 1 saturated heterocycles. The molecule has 8 nitrogen and oxygen atoms in total. The van der Waals surface area contributed by atoms with Crippen molar-refractivity contribution < 1.29 is 9.53 Å². The molecule has 136 valence electrons. The van der Waals surface area contributed by atoms with E-state index in [-0.39, 0.29) is 18.1 Å². The monoisotopic (exact) mass is 346 g/mol. The fourth-order valence-corrected chi connectivity index (χ4v) is 3.54. The summed E-state index contributed by atoms with van der Waals surface area (Å²) in [5.41, 5.74) is 8.64. The van der Waals surface area contributed by atoms with Crippen LogP contribution in [0.4, 0.5) is 5.82 Å². The number of carbonyl (C=O) groups is 1. The van der Waals surface area contributed by atoms with E-state index in [1.807, 2.05) is 36.7 Å². The van der Waals surface area contributed by atoms with E-state index in [9.17, 15) is 4.79 Å². The summed E-state index contributed by atoms with van der Waals surface area (Å²) in [4.78, 5) is 14.9. The Hall–Kier alpha value is -2.35. The lowest BCUT2D eigenvalue weighted by atomic mass is 10.1. The van der Waals surface area contributed by atoms with Gasteiger partial charge in [-0.25, -0.2) is 0 Å². The van der Waals surface area contributed by atoms with Crippen LogP contribution in [0.3, 0.4) is 0 Å². The van der Waals surface area contributed by atoms with Gasteiger partial charge in [0.2, 0.25) is 5.91 Å². The quantitative estimate of drug-likeness (QED) is 0.859. The second-order valence-electron chi connectivity index (χ2n) is 6.71. The molecule has 0 aliphatic carbocycles. The van der Waals surface area contributed by atoms with Crippen LogP contribution in [0.5, 0.6) is 0 Å². The summed E-state index contributed by atoms with van der Waals surface area (Å²) in [6, 6.07) is 1.81. The van der Waals surface area contributed by atoms with Crippen molar-refractivity contribution >= 4 is 11.7 Å². The smallest absolute Gasteiger partial charge is 0.227 e. The fourth-order valence-electron chi connectivity index (χ4n) is 3.54. The summed E-state index contributed by atoms with van der Waals surface area (Å²) in [6.45, 7) is 5.17. The molecule has 0 aromatic carbocycles. The summed E-state index contributed by atoms with van der Waals surface area (Å²) in [6.07, 6.45) is 3.05. The molecule has 1 amide bonds. The molecule has 2 N–H and O–H groups in total. The molecular formula is C17H26N6O2. The van der Waals surface area contributed by atoms with E-state index in [1.165, 1.54) is 0 Å². The molecule has 1 fully saturated rings. The SMILES string of the molecule is CO[C@H]1C[C@@H](Cn2ccc(N)n2)N(C(=O)Cc2c(C)nn(C)c2C)C1. The van der Waals surface area contributed by atoms with Gasteiger partial charge >= 0.3 is 0 Å². The first kappa shape index (κ1) is 17.5. The van der Waals surface area contributed by atoms with Crippen LogP contribution in [-0.4, -0.2) is 56.2 Å². The molecule has 2 aromatic heterocycles. The molecule has 8 heteroatoms. The van der Waals surface area contributed by atoms with Crippen molar-refractivity contribution in [3.63, 3.8) is 0 Å². The molecule has 1 aliphatic rings. The maximum Gasteiger partial charge on any atom is 0.227 e. The number of aryl methyl sites for hydroxylation is 2. The zero-order chi connectivity index (χ0) is 18.1. The van der Waals surface area contributed by atoms with E-state index in [1.54, 1.807) is 17.9 Å². The van der Waals surface area contributed by atoms with Crippen molar-refractivity contribution in [1.29, 1.82) is 0 Å². The summed E-state index contributed by atoms with van der Waals surface area (Å²) in [5.74, 6) is 0.588. The Balaban J connectivity index is 1.76. The van der Waals surface area contributed by atoms with Gasteiger partial charge in [-0.1, -0.05) is 0 Å². The summed E-state index contributed by atoms with van der Waals surface area (Å²) in [7, 11) is 3.59. The molecule has 0 bridgehead atoms. The zero-order valence-electron chi connectivity index (χ0n) is 15.3. The van der Waals surface area contributed by atoms with Crippen molar-refractivity contribution in [2.75, 3.05) is 19.4 Å². The number of nitrogens with zero attached hydrogens (tertiary/aromatic N) is 5. The van der Waals surface area contributed by atoms with E-state index in [0.29, 0.717) is 25.3 Å². The molecule has 3 rings (SSSR count). The maximum absolute atomic E-state index is 13.0. The van der Waals surface area contributed by atoms with Crippen LogP contribution in [0, 0.1) is 13.8 Å². The number of likely N-dealkylation sites (tertiary alicyclic amines) is 1. The Bertz CT molecular complexity index is 765. The van der Waals surface area contributed by atoms with Gasteiger partial charge in [0.15, 0.2) is 0 Å². The van der Waals surface area contributed by atoms with E-state index in [0.717, 1.165) is 23.4 Å². The van der Waals surface area contributed by atoms with Crippen molar-refractivity contribution in [3.8, 4) is 0 Å². The Kier molecular flexibility index (Phi) is 4.80. The minimum atomic E-state index is 0.0500. The highest BCUT2D eigenvalue weighted by atomic mass is 16.5. The Morgan fingerprint density at radius 1 is 1.40 bits per heavy atom. The number of nitrogen functional groups attached to an aromatic ring is 1. The van der Waals surface area contributed by atoms with Gasteiger partial charge in [-0.05, 0) is 26.3 Å². The van der Waals surface area contributed by atoms with Crippen LogP contribution in [-0.2, 0) is 29.5 Å². The van der Waals surface area contributed by atoms with Gasteiger partial charge < -0.3 is 15.4 Å². The highest BCUT2D eigenvalue weighted by Gasteiger charge is 2.36. The first-order chi connectivity index (χ1) is 11.9. The van der Waals surface area contributed by atoms with Crippen molar-refractivity contribution in [3.05, 3.63) is 29.2 Å². The molecule has 0 spiro atoms. The van der Waals surface area contributed by atoms with Gasteiger partial charge in [-0.2, -0.15) is 10.2 Å². The molecule has 25 heavy (non-hydrogen) atoms. The number of amides is 1. The van der Waals surface area contributed by atoms with Gasteiger partial charge in [-0.3, -0.25) is 14.2 Å². The summed E-state index contributed by atoms with van der Waals surface area (Å²) in [5, 5.41) is 8.64. The van der Waals surface area contributed by atoms with Crippen molar-refractivity contribution in [2.24, 2.45) is 7.05 Å². The molecule has 2 aromatic rings. The number of carbonyl (C=O) groups excluding carboxylic acids is 1. The number of aromatic nitrogens is 4. The third-order valence-electron chi connectivity index (χ3n) is 5.08.